The zero-order chi connectivity index (χ0) is 14.1. The molecule has 0 radical (unpaired) electrons. The standard InChI is InChI=1S/C15H13Br2NO2/c16-12-8-13(17)15(14-11(12)5-2-6-18-14)20-10-4-1-3-9(19)7-10/h2,5-6,8,10H,1,3-4,7H2. The smallest absolute Gasteiger partial charge is 0.160 e. The third kappa shape index (κ3) is 2.74. The van der Waals surface area contributed by atoms with Crippen molar-refractivity contribution in [1.29, 1.82) is 0 Å². The highest BCUT2D eigenvalue weighted by Crippen LogP contribution is 2.38. The fourth-order valence-electron chi connectivity index (χ4n) is 2.51. The Morgan fingerprint density at radius 3 is 2.95 bits per heavy atom. The Morgan fingerprint density at radius 1 is 1.30 bits per heavy atom. The van der Waals surface area contributed by atoms with Crippen LogP contribution in [0.2, 0.25) is 0 Å². The van der Waals surface area contributed by atoms with Crippen molar-refractivity contribution in [1.82, 2.24) is 4.98 Å². The molecule has 104 valence electrons. The van der Waals surface area contributed by atoms with Gasteiger partial charge in [-0.25, -0.2) is 0 Å². The van der Waals surface area contributed by atoms with Gasteiger partial charge in [0.05, 0.1) is 4.47 Å². The minimum absolute atomic E-state index is 0.0427. The fraction of sp³-hybridized carbons (Fsp3) is 0.333. The largest absolute Gasteiger partial charge is 0.486 e. The fourth-order valence-corrected chi connectivity index (χ4v) is 3.88. The molecule has 1 aliphatic rings. The number of halogens is 2. The number of benzene rings is 1. The van der Waals surface area contributed by atoms with Crippen molar-refractivity contribution in [3.8, 4) is 5.75 Å². The summed E-state index contributed by atoms with van der Waals surface area (Å²) in [6, 6.07) is 5.86. The molecule has 1 aromatic carbocycles. The van der Waals surface area contributed by atoms with E-state index in [1.54, 1.807) is 6.20 Å². The number of hydrogen-bond acceptors (Lipinski definition) is 3. The van der Waals surface area contributed by atoms with Gasteiger partial charge in [0.1, 0.15) is 17.4 Å². The first-order valence-electron chi connectivity index (χ1n) is 6.56. The summed E-state index contributed by atoms with van der Waals surface area (Å²) in [5.74, 6) is 1.01. The van der Waals surface area contributed by atoms with Gasteiger partial charge in [0.2, 0.25) is 0 Å². The van der Waals surface area contributed by atoms with Crippen LogP contribution < -0.4 is 4.74 Å². The molecule has 0 spiro atoms. The second-order valence-electron chi connectivity index (χ2n) is 4.94. The lowest BCUT2D eigenvalue weighted by Gasteiger charge is -2.23. The number of ketones is 1. The molecule has 0 bridgehead atoms. The van der Waals surface area contributed by atoms with Gasteiger partial charge in [-0.05, 0) is 40.9 Å². The number of aromatic nitrogens is 1. The van der Waals surface area contributed by atoms with Crippen molar-refractivity contribution in [2.45, 2.75) is 31.8 Å². The summed E-state index contributed by atoms with van der Waals surface area (Å²) >= 11 is 7.07. The van der Waals surface area contributed by atoms with Gasteiger partial charge in [-0.15, -0.1) is 0 Å². The molecule has 0 N–H and O–H groups in total. The number of ether oxygens (including phenoxy) is 1. The summed E-state index contributed by atoms with van der Waals surface area (Å²) in [7, 11) is 0. The zero-order valence-electron chi connectivity index (χ0n) is 10.7. The Balaban J connectivity index is 2.00. The summed E-state index contributed by atoms with van der Waals surface area (Å²) in [5.41, 5.74) is 0.812. The maximum Gasteiger partial charge on any atom is 0.160 e. The molecule has 5 heteroatoms. The quantitative estimate of drug-likeness (QED) is 0.738. The number of carbonyl (C=O) groups is 1. The van der Waals surface area contributed by atoms with Crippen molar-refractivity contribution < 1.29 is 9.53 Å². The van der Waals surface area contributed by atoms with Crippen LogP contribution in [0.25, 0.3) is 10.9 Å². The minimum atomic E-state index is -0.0427. The highest BCUT2D eigenvalue weighted by molar-refractivity contribution is 9.11. The van der Waals surface area contributed by atoms with E-state index >= 15 is 0 Å². The van der Waals surface area contributed by atoms with Crippen molar-refractivity contribution in [3.05, 3.63) is 33.3 Å². The number of hydrogen-bond donors (Lipinski definition) is 0. The molecule has 1 saturated carbocycles. The molecule has 1 atom stereocenters. The molecular weight excluding hydrogens is 386 g/mol. The maximum absolute atomic E-state index is 11.6. The molecule has 0 aliphatic heterocycles. The molecule has 1 aliphatic carbocycles. The lowest BCUT2D eigenvalue weighted by Crippen LogP contribution is -2.25. The summed E-state index contributed by atoms with van der Waals surface area (Å²) in [4.78, 5) is 16.0. The molecule has 1 unspecified atom stereocenters. The number of nitrogens with zero attached hydrogens (tertiary/aromatic N) is 1. The first kappa shape index (κ1) is 14.0. The predicted octanol–water partition coefficient (Wildman–Crippen LogP) is 4.65. The van der Waals surface area contributed by atoms with E-state index in [0.717, 1.165) is 38.4 Å². The van der Waals surface area contributed by atoms with Crippen molar-refractivity contribution in [2.75, 3.05) is 0 Å². The van der Waals surface area contributed by atoms with Gasteiger partial charge in [-0.3, -0.25) is 9.78 Å². The molecule has 0 saturated heterocycles. The van der Waals surface area contributed by atoms with E-state index in [0.29, 0.717) is 12.8 Å². The maximum atomic E-state index is 11.6. The molecule has 1 fully saturated rings. The van der Waals surface area contributed by atoms with E-state index in [1.807, 2.05) is 18.2 Å². The Hall–Kier alpha value is -0.940. The molecule has 3 nitrogen and oxygen atoms in total. The van der Waals surface area contributed by atoms with Crippen LogP contribution in [0.15, 0.2) is 33.3 Å². The molecule has 0 amide bonds. The number of rotatable bonds is 2. The highest BCUT2D eigenvalue weighted by atomic mass is 79.9. The number of Topliss-reactive ketones (excluding diaryl/α,β-unsaturated/α-hetero) is 1. The first-order chi connectivity index (χ1) is 9.65. The van der Waals surface area contributed by atoms with Crippen LogP contribution in [0.5, 0.6) is 5.75 Å². The molecule has 2 aromatic rings. The SMILES string of the molecule is O=C1CCCC(Oc2c(Br)cc(Br)c3cccnc23)C1. The van der Waals surface area contributed by atoms with Crippen LogP contribution in [0, 0.1) is 0 Å². The van der Waals surface area contributed by atoms with Crippen LogP contribution >= 0.6 is 31.9 Å². The number of carbonyl (C=O) groups excluding carboxylic acids is 1. The van der Waals surface area contributed by atoms with Gasteiger partial charge in [0.15, 0.2) is 5.75 Å². The number of pyridine rings is 1. The van der Waals surface area contributed by atoms with Gasteiger partial charge in [0, 0.05) is 28.9 Å². The lowest BCUT2D eigenvalue weighted by molar-refractivity contribution is -0.122. The van der Waals surface area contributed by atoms with E-state index in [4.69, 9.17) is 4.74 Å². The van der Waals surface area contributed by atoms with Crippen molar-refractivity contribution in [3.63, 3.8) is 0 Å². The van der Waals surface area contributed by atoms with E-state index in [9.17, 15) is 4.79 Å². The Kier molecular flexibility index (Phi) is 4.08. The predicted molar refractivity (Wildman–Crippen MR) is 85.0 cm³/mol. The Morgan fingerprint density at radius 2 is 2.15 bits per heavy atom. The Bertz CT molecular complexity index is 672. The average molecular weight is 399 g/mol. The van der Waals surface area contributed by atoms with E-state index in [2.05, 4.69) is 36.8 Å². The van der Waals surface area contributed by atoms with Crippen LogP contribution in [-0.2, 0) is 4.79 Å². The van der Waals surface area contributed by atoms with E-state index < -0.39 is 0 Å². The summed E-state index contributed by atoms with van der Waals surface area (Å²) in [6.07, 6.45) is 4.71. The molecule has 1 heterocycles. The summed E-state index contributed by atoms with van der Waals surface area (Å²) < 4.78 is 7.90. The average Bonchev–Trinajstić information content (AvgIpc) is 2.43. The van der Waals surface area contributed by atoms with Crippen LogP contribution in [0.4, 0.5) is 0 Å². The highest BCUT2D eigenvalue weighted by Gasteiger charge is 2.23. The molecule has 20 heavy (non-hydrogen) atoms. The molecule has 3 rings (SSSR count). The third-order valence-corrected chi connectivity index (χ3v) is 4.72. The van der Waals surface area contributed by atoms with Crippen molar-refractivity contribution >= 4 is 48.5 Å². The third-order valence-electron chi connectivity index (χ3n) is 3.47. The topological polar surface area (TPSA) is 39.2 Å². The molecular formula is C15H13Br2NO2. The number of fused-ring (bicyclic) bond motifs is 1. The monoisotopic (exact) mass is 397 g/mol. The van der Waals surface area contributed by atoms with Gasteiger partial charge in [0.25, 0.3) is 0 Å². The normalized spacial score (nSPS) is 19.3. The summed E-state index contributed by atoms with van der Waals surface area (Å²) in [5, 5.41) is 1.01. The second-order valence-corrected chi connectivity index (χ2v) is 6.65. The summed E-state index contributed by atoms with van der Waals surface area (Å²) in [6.45, 7) is 0. The van der Waals surface area contributed by atoms with Gasteiger partial charge in [-0.1, -0.05) is 22.0 Å². The Labute approximate surface area is 134 Å². The van der Waals surface area contributed by atoms with E-state index in [-0.39, 0.29) is 11.9 Å². The molecule has 1 aromatic heterocycles. The van der Waals surface area contributed by atoms with Gasteiger partial charge < -0.3 is 4.74 Å². The lowest BCUT2D eigenvalue weighted by atomic mass is 9.96. The van der Waals surface area contributed by atoms with E-state index in [1.165, 1.54) is 0 Å². The van der Waals surface area contributed by atoms with Crippen LogP contribution in [-0.4, -0.2) is 16.9 Å². The first-order valence-corrected chi connectivity index (χ1v) is 8.15. The van der Waals surface area contributed by atoms with Crippen LogP contribution in [0.1, 0.15) is 25.7 Å². The zero-order valence-corrected chi connectivity index (χ0v) is 13.9. The van der Waals surface area contributed by atoms with Crippen molar-refractivity contribution in [2.24, 2.45) is 0 Å². The van der Waals surface area contributed by atoms with Gasteiger partial charge in [-0.2, -0.15) is 0 Å². The van der Waals surface area contributed by atoms with Crippen LogP contribution in [0.3, 0.4) is 0 Å². The minimum Gasteiger partial charge on any atom is -0.486 e. The van der Waals surface area contributed by atoms with Gasteiger partial charge >= 0.3 is 0 Å². The second kappa shape index (κ2) is 5.82.